The van der Waals surface area contributed by atoms with E-state index in [0.717, 1.165) is 11.1 Å². The highest BCUT2D eigenvalue weighted by atomic mass is 16.3. The molecule has 1 N–H and O–H groups in total. The van der Waals surface area contributed by atoms with E-state index < -0.39 is 6.10 Å². The second kappa shape index (κ2) is 6.37. The lowest BCUT2D eigenvalue weighted by Crippen LogP contribution is -2.26. The monoisotopic (exact) mass is 278 g/mol. The number of rotatable bonds is 5. The summed E-state index contributed by atoms with van der Waals surface area (Å²) in [7, 11) is 0. The van der Waals surface area contributed by atoms with Crippen LogP contribution >= 0.6 is 0 Å². The third kappa shape index (κ3) is 3.20. The van der Waals surface area contributed by atoms with Crippen molar-refractivity contribution in [3.63, 3.8) is 0 Å². The molecule has 2 unspecified atom stereocenters. The van der Waals surface area contributed by atoms with Crippen LogP contribution in [0.4, 0.5) is 0 Å². The van der Waals surface area contributed by atoms with Crippen LogP contribution in [0.15, 0.2) is 79.4 Å². The van der Waals surface area contributed by atoms with Crippen molar-refractivity contribution >= 4 is 0 Å². The van der Waals surface area contributed by atoms with Crippen molar-refractivity contribution in [2.24, 2.45) is 0 Å². The van der Waals surface area contributed by atoms with Gasteiger partial charge in [0.1, 0.15) is 0 Å². The molecule has 0 amide bonds. The number of nitrogens with zero attached hydrogens (tertiary/aromatic N) is 2. The Bertz CT molecular complexity index is 650. The Hall–Kier alpha value is -2.39. The summed E-state index contributed by atoms with van der Waals surface area (Å²) in [6, 6.07) is 20.0. The van der Waals surface area contributed by atoms with E-state index in [9.17, 15) is 5.11 Å². The molecule has 0 aliphatic carbocycles. The Labute approximate surface area is 124 Å². The predicted octanol–water partition coefficient (Wildman–Crippen LogP) is 3.08. The topological polar surface area (TPSA) is 38.0 Å². The second-order valence-corrected chi connectivity index (χ2v) is 5.12. The molecule has 0 spiro atoms. The van der Waals surface area contributed by atoms with Gasteiger partial charge < -0.3 is 9.67 Å². The molecule has 1 aromatic heterocycles. The summed E-state index contributed by atoms with van der Waals surface area (Å²) in [4.78, 5) is 4.11. The number of aliphatic hydroxyl groups is 1. The van der Waals surface area contributed by atoms with E-state index in [1.807, 2.05) is 71.4 Å². The molecule has 3 nitrogen and oxygen atoms in total. The van der Waals surface area contributed by atoms with Gasteiger partial charge in [-0.15, -0.1) is 0 Å². The first-order chi connectivity index (χ1) is 10.3. The SMILES string of the molecule is OC(Cc1ccccc1)C(c1ccccc1)n1ccnc1. The van der Waals surface area contributed by atoms with Crippen molar-refractivity contribution in [2.45, 2.75) is 18.6 Å². The number of benzene rings is 2. The first-order valence-corrected chi connectivity index (χ1v) is 7.09. The molecule has 3 rings (SSSR count). The van der Waals surface area contributed by atoms with Gasteiger partial charge >= 0.3 is 0 Å². The Morgan fingerprint density at radius 1 is 0.952 bits per heavy atom. The summed E-state index contributed by atoms with van der Waals surface area (Å²) in [6.45, 7) is 0. The zero-order valence-electron chi connectivity index (χ0n) is 11.7. The van der Waals surface area contributed by atoms with Crippen LogP contribution < -0.4 is 0 Å². The normalized spacial score (nSPS) is 13.8. The van der Waals surface area contributed by atoms with E-state index in [1.165, 1.54) is 0 Å². The molecule has 0 fully saturated rings. The van der Waals surface area contributed by atoms with E-state index in [2.05, 4.69) is 4.98 Å². The van der Waals surface area contributed by atoms with Crippen molar-refractivity contribution in [1.29, 1.82) is 0 Å². The van der Waals surface area contributed by atoms with E-state index >= 15 is 0 Å². The third-order valence-electron chi connectivity index (χ3n) is 3.64. The molecule has 21 heavy (non-hydrogen) atoms. The van der Waals surface area contributed by atoms with Gasteiger partial charge in [0.15, 0.2) is 0 Å². The fourth-order valence-corrected chi connectivity index (χ4v) is 2.64. The molecule has 2 atom stereocenters. The van der Waals surface area contributed by atoms with E-state index in [4.69, 9.17) is 0 Å². The van der Waals surface area contributed by atoms with Gasteiger partial charge in [-0.2, -0.15) is 0 Å². The highest BCUT2D eigenvalue weighted by Crippen LogP contribution is 2.24. The van der Waals surface area contributed by atoms with Gasteiger partial charge in [0, 0.05) is 18.8 Å². The van der Waals surface area contributed by atoms with Gasteiger partial charge in [-0.25, -0.2) is 4.98 Å². The van der Waals surface area contributed by atoms with Crippen molar-refractivity contribution < 1.29 is 5.11 Å². The Balaban J connectivity index is 1.89. The summed E-state index contributed by atoms with van der Waals surface area (Å²) >= 11 is 0. The summed E-state index contributed by atoms with van der Waals surface area (Å²) in [5.41, 5.74) is 2.21. The van der Waals surface area contributed by atoms with Crippen LogP contribution in [0.3, 0.4) is 0 Å². The van der Waals surface area contributed by atoms with Gasteiger partial charge in [0.25, 0.3) is 0 Å². The van der Waals surface area contributed by atoms with Crippen LogP contribution in [-0.2, 0) is 6.42 Å². The molecule has 2 aromatic carbocycles. The predicted molar refractivity (Wildman–Crippen MR) is 83.0 cm³/mol. The van der Waals surface area contributed by atoms with E-state index in [-0.39, 0.29) is 6.04 Å². The summed E-state index contributed by atoms with van der Waals surface area (Å²) in [5, 5.41) is 10.7. The van der Waals surface area contributed by atoms with E-state index in [1.54, 1.807) is 12.5 Å². The molecule has 0 aliphatic heterocycles. The summed E-state index contributed by atoms with van der Waals surface area (Å²) in [5.74, 6) is 0. The molecule has 0 saturated heterocycles. The Morgan fingerprint density at radius 3 is 2.24 bits per heavy atom. The summed E-state index contributed by atoms with van der Waals surface area (Å²) < 4.78 is 1.96. The van der Waals surface area contributed by atoms with Gasteiger partial charge in [-0.1, -0.05) is 60.7 Å². The van der Waals surface area contributed by atoms with Gasteiger partial charge in [-0.05, 0) is 11.1 Å². The molecule has 1 heterocycles. The molecule has 3 heteroatoms. The van der Waals surface area contributed by atoms with Crippen LogP contribution in [0.25, 0.3) is 0 Å². The van der Waals surface area contributed by atoms with E-state index in [0.29, 0.717) is 6.42 Å². The maximum Gasteiger partial charge on any atom is 0.0952 e. The number of hydrogen-bond acceptors (Lipinski definition) is 2. The third-order valence-corrected chi connectivity index (χ3v) is 3.64. The lowest BCUT2D eigenvalue weighted by molar-refractivity contribution is 0.130. The van der Waals surface area contributed by atoms with Crippen LogP contribution in [0.1, 0.15) is 17.2 Å². The fourth-order valence-electron chi connectivity index (χ4n) is 2.64. The van der Waals surface area contributed by atoms with Crippen molar-refractivity contribution in [3.05, 3.63) is 90.5 Å². The highest BCUT2D eigenvalue weighted by molar-refractivity contribution is 5.23. The van der Waals surface area contributed by atoms with Crippen LogP contribution in [0.5, 0.6) is 0 Å². The van der Waals surface area contributed by atoms with Gasteiger partial charge in [-0.3, -0.25) is 0 Å². The molecule has 0 aliphatic rings. The van der Waals surface area contributed by atoms with Gasteiger partial charge in [0.05, 0.1) is 18.5 Å². The van der Waals surface area contributed by atoms with Crippen molar-refractivity contribution in [3.8, 4) is 0 Å². The first-order valence-electron chi connectivity index (χ1n) is 7.09. The molecule has 106 valence electrons. The second-order valence-electron chi connectivity index (χ2n) is 5.12. The standard InChI is InChI=1S/C18H18N2O/c21-17(13-15-7-3-1-4-8-15)18(20-12-11-19-14-20)16-9-5-2-6-10-16/h1-12,14,17-18,21H,13H2. The first kappa shape index (κ1) is 13.6. The molecule has 0 radical (unpaired) electrons. The Kier molecular flexibility index (Phi) is 4.12. The lowest BCUT2D eigenvalue weighted by Gasteiger charge is -2.25. The smallest absolute Gasteiger partial charge is 0.0952 e. The number of imidazole rings is 1. The Morgan fingerprint density at radius 2 is 1.62 bits per heavy atom. The fraction of sp³-hybridized carbons (Fsp3) is 0.167. The maximum absolute atomic E-state index is 10.7. The minimum atomic E-state index is -0.510. The minimum Gasteiger partial charge on any atom is -0.390 e. The largest absolute Gasteiger partial charge is 0.390 e. The zero-order valence-corrected chi connectivity index (χ0v) is 11.7. The van der Waals surface area contributed by atoms with Crippen LogP contribution in [0, 0.1) is 0 Å². The van der Waals surface area contributed by atoms with Crippen LogP contribution in [-0.4, -0.2) is 20.8 Å². The quantitative estimate of drug-likeness (QED) is 0.779. The van der Waals surface area contributed by atoms with Gasteiger partial charge in [0.2, 0.25) is 0 Å². The molecule has 0 bridgehead atoms. The molecular formula is C18H18N2O. The summed E-state index contributed by atoms with van der Waals surface area (Å²) in [6.07, 6.45) is 5.49. The number of hydrogen-bond donors (Lipinski definition) is 1. The van der Waals surface area contributed by atoms with Crippen molar-refractivity contribution in [1.82, 2.24) is 9.55 Å². The molecule has 3 aromatic rings. The zero-order chi connectivity index (χ0) is 14.5. The number of aromatic nitrogens is 2. The van der Waals surface area contributed by atoms with Crippen molar-refractivity contribution in [2.75, 3.05) is 0 Å². The molecular weight excluding hydrogens is 260 g/mol. The minimum absolute atomic E-state index is 0.131. The number of aliphatic hydroxyl groups excluding tert-OH is 1. The lowest BCUT2D eigenvalue weighted by atomic mass is 9.96. The maximum atomic E-state index is 10.7. The highest BCUT2D eigenvalue weighted by Gasteiger charge is 2.22. The van der Waals surface area contributed by atoms with Crippen LogP contribution in [0.2, 0.25) is 0 Å². The molecule has 0 saturated carbocycles. The average Bonchev–Trinajstić information content (AvgIpc) is 3.03. The average molecular weight is 278 g/mol.